The fraction of sp³-hybridized carbons (Fsp3) is 0.385. The second-order valence-electron chi connectivity index (χ2n) is 3.90. The first-order valence-electron chi connectivity index (χ1n) is 5.62. The van der Waals surface area contributed by atoms with Gasteiger partial charge in [0, 0.05) is 18.5 Å². The minimum Gasteiger partial charge on any atom is -0.346 e. The lowest BCUT2D eigenvalue weighted by Crippen LogP contribution is -2.06. The summed E-state index contributed by atoms with van der Waals surface area (Å²) in [7, 11) is 0. The van der Waals surface area contributed by atoms with Crippen molar-refractivity contribution in [3.63, 3.8) is 0 Å². The van der Waals surface area contributed by atoms with E-state index in [1.807, 2.05) is 11.8 Å². The molecule has 2 nitrogen and oxygen atoms in total. The molecule has 0 amide bonds. The Balaban J connectivity index is 2.41. The summed E-state index contributed by atoms with van der Waals surface area (Å²) in [6.07, 6.45) is 5.29. The highest BCUT2D eigenvalue weighted by Gasteiger charge is 2.05. The molecule has 0 unspecified atom stereocenters. The zero-order valence-corrected chi connectivity index (χ0v) is 10.5. The molecule has 0 atom stereocenters. The van der Waals surface area contributed by atoms with Crippen LogP contribution in [0.1, 0.15) is 5.56 Å². The monoisotopic (exact) mass is 234 g/mol. The molecule has 1 aromatic carbocycles. The molecule has 0 saturated heterocycles. The van der Waals surface area contributed by atoms with E-state index in [-0.39, 0.29) is 0 Å². The third-order valence-electron chi connectivity index (χ3n) is 2.82. The van der Waals surface area contributed by atoms with Crippen molar-refractivity contribution in [2.45, 2.75) is 13.0 Å². The number of nitrogens with zero attached hydrogens (tertiary/aromatic N) is 1. The van der Waals surface area contributed by atoms with Crippen LogP contribution in [0, 0.1) is 0 Å². The largest absolute Gasteiger partial charge is 0.346 e. The maximum atomic E-state index is 5.66. The van der Waals surface area contributed by atoms with E-state index in [1.54, 1.807) is 0 Å². The highest BCUT2D eigenvalue weighted by Crippen LogP contribution is 2.21. The van der Waals surface area contributed by atoms with E-state index < -0.39 is 0 Å². The second kappa shape index (κ2) is 5.41. The lowest BCUT2D eigenvalue weighted by Gasteiger charge is -2.08. The predicted octanol–water partition coefficient (Wildman–Crippen LogP) is 2.51. The number of aryl methyl sites for hydroxylation is 1. The summed E-state index contributed by atoms with van der Waals surface area (Å²) in [6.45, 7) is 1.79. The van der Waals surface area contributed by atoms with Crippen molar-refractivity contribution in [1.82, 2.24) is 4.57 Å². The molecular formula is C13H18N2S. The second-order valence-corrected chi connectivity index (χ2v) is 4.88. The molecule has 0 aliphatic carbocycles. The van der Waals surface area contributed by atoms with Crippen LogP contribution in [0.5, 0.6) is 0 Å². The highest BCUT2D eigenvalue weighted by atomic mass is 32.2. The fourth-order valence-corrected chi connectivity index (χ4v) is 2.45. The van der Waals surface area contributed by atoms with Gasteiger partial charge in [0.15, 0.2) is 0 Å². The summed E-state index contributed by atoms with van der Waals surface area (Å²) < 4.78 is 2.34. The van der Waals surface area contributed by atoms with Gasteiger partial charge in [-0.1, -0.05) is 18.2 Å². The summed E-state index contributed by atoms with van der Waals surface area (Å²) >= 11 is 1.88. The van der Waals surface area contributed by atoms with Gasteiger partial charge < -0.3 is 10.3 Å². The van der Waals surface area contributed by atoms with Gasteiger partial charge in [-0.2, -0.15) is 11.8 Å². The summed E-state index contributed by atoms with van der Waals surface area (Å²) in [5, 5.41) is 1.33. The Kier molecular flexibility index (Phi) is 3.91. The Morgan fingerprint density at radius 3 is 2.94 bits per heavy atom. The van der Waals surface area contributed by atoms with Gasteiger partial charge in [-0.15, -0.1) is 0 Å². The van der Waals surface area contributed by atoms with Gasteiger partial charge in [-0.25, -0.2) is 0 Å². The molecule has 2 aromatic rings. The molecule has 86 valence electrons. The highest BCUT2D eigenvalue weighted by molar-refractivity contribution is 7.98. The SMILES string of the molecule is CSCCn1ccc2cccc(CCN)c21. The van der Waals surface area contributed by atoms with Crippen molar-refractivity contribution >= 4 is 22.7 Å². The zero-order chi connectivity index (χ0) is 11.4. The number of rotatable bonds is 5. The maximum absolute atomic E-state index is 5.66. The Morgan fingerprint density at radius 1 is 1.31 bits per heavy atom. The predicted molar refractivity (Wildman–Crippen MR) is 73.1 cm³/mol. The van der Waals surface area contributed by atoms with Crippen LogP contribution >= 0.6 is 11.8 Å². The van der Waals surface area contributed by atoms with Crippen LogP contribution in [-0.4, -0.2) is 23.1 Å². The Bertz CT molecular complexity index is 462. The van der Waals surface area contributed by atoms with Gasteiger partial charge >= 0.3 is 0 Å². The smallest absolute Gasteiger partial charge is 0.0513 e. The standard InChI is InChI=1S/C13H18N2S/c1-16-10-9-15-8-6-12-4-2-3-11(5-7-14)13(12)15/h2-4,6,8H,5,7,9-10,14H2,1H3. The van der Waals surface area contributed by atoms with E-state index in [9.17, 15) is 0 Å². The minimum atomic E-state index is 0.715. The van der Waals surface area contributed by atoms with E-state index in [0.29, 0.717) is 6.54 Å². The molecule has 0 bridgehead atoms. The molecule has 0 radical (unpaired) electrons. The first-order valence-corrected chi connectivity index (χ1v) is 7.02. The molecule has 0 aliphatic rings. The van der Waals surface area contributed by atoms with Crippen molar-refractivity contribution in [1.29, 1.82) is 0 Å². The number of para-hydroxylation sites is 1. The fourth-order valence-electron chi connectivity index (χ4n) is 2.07. The molecule has 0 spiro atoms. The van der Waals surface area contributed by atoms with E-state index in [0.717, 1.165) is 18.7 Å². The number of aromatic nitrogens is 1. The van der Waals surface area contributed by atoms with E-state index >= 15 is 0 Å². The van der Waals surface area contributed by atoms with Gasteiger partial charge in [0.25, 0.3) is 0 Å². The van der Waals surface area contributed by atoms with Crippen LogP contribution in [0.2, 0.25) is 0 Å². The molecule has 3 heteroatoms. The van der Waals surface area contributed by atoms with Crippen LogP contribution in [-0.2, 0) is 13.0 Å². The molecule has 0 aliphatic heterocycles. The number of hydrogen-bond acceptors (Lipinski definition) is 2. The quantitative estimate of drug-likeness (QED) is 0.861. The number of benzene rings is 1. The first-order chi connectivity index (χ1) is 7.86. The molecule has 2 rings (SSSR count). The lowest BCUT2D eigenvalue weighted by molar-refractivity contribution is 0.801. The molecule has 1 aromatic heterocycles. The van der Waals surface area contributed by atoms with Crippen molar-refractivity contribution in [2.24, 2.45) is 5.73 Å². The molecule has 0 saturated carbocycles. The Morgan fingerprint density at radius 2 is 2.19 bits per heavy atom. The Hall–Kier alpha value is -0.930. The van der Waals surface area contributed by atoms with Crippen molar-refractivity contribution in [3.05, 3.63) is 36.0 Å². The third kappa shape index (κ3) is 2.25. The average molecular weight is 234 g/mol. The number of nitrogens with two attached hydrogens (primary N) is 1. The van der Waals surface area contributed by atoms with Gasteiger partial charge in [-0.05, 0) is 36.2 Å². The van der Waals surface area contributed by atoms with Gasteiger partial charge in [0.1, 0.15) is 0 Å². The average Bonchev–Trinajstić information content (AvgIpc) is 2.71. The van der Waals surface area contributed by atoms with E-state index in [2.05, 4.69) is 41.3 Å². The maximum Gasteiger partial charge on any atom is 0.0513 e. The topological polar surface area (TPSA) is 30.9 Å². The van der Waals surface area contributed by atoms with Gasteiger partial charge in [-0.3, -0.25) is 0 Å². The van der Waals surface area contributed by atoms with Crippen molar-refractivity contribution in [2.75, 3.05) is 18.6 Å². The lowest BCUT2D eigenvalue weighted by atomic mass is 10.1. The zero-order valence-electron chi connectivity index (χ0n) is 9.65. The summed E-state index contributed by atoms with van der Waals surface area (Å²) in [5.41, 5.74) is 8.39. The summed E-state index contributed by atoms with van der Waals surface area (Å²) in [5.74, 6) is 1.15. The molecule has 2 N–H and O–H groups in total. The van der Waals surface area contributed by atoms with Crippen molar-refractivity contribution < 1.29 is 0 Å². The van der Waals surface area contributed by atoms with Crippen LogP contribution in [0.25, 0.3) is 10.9 Å². The minimum absolute atomic E-state index is 0.715. The normalized spacial score (nSPS) is 11.1. The van der Waals surface area contributed by atoms with Crippen molar-refractivity contribution in [3.8, 4) is 0 Å². The summed E-state index contributed by atoms with van der Waals surface area (Å²) in [6, 6.07) is 8.66. The molecular weight excluding hydrogens is 216 g/mol. The van der Waals surface area contributed by atoms with Crippen LogP contribution in [0.3, 0.4) is 0 Å². The Labute approximate surface area is 101 Å². The molecule has 1 heterocycles. The number of fused-ring (bicyclic) bond motifs is 1. The third-order valence-corrected chi connectivity index (χ3v) is 3.41. The van der Waals surface area contributed by atoms with Gasteiger partial charge in [0.05, 0.1) is 5.52 Å². The number of thioether (sulfide) groups is 1. The van der Waals surface area contributed by atoms with Crippen LogP contribution < -0.4 is 5.73 Å². The summed E-state index contributed by atoms with van der Waals surface area (Å²) in [4.78, 5) is 0. The van der Waals surface area contributed by atoms with Crippen LogP contribution in [0.4, 0.5) is 0 Å². The molecule has 0 fully saturated rings. The van der Waals surface area contributed by atoms with Gasteiger partial charge in [0.2, 0.25) is 0 Å². The first kappa shape index (κ1) is 11.6. The van der Waals surface area contributed by atoms with E-state index in [1.165, 1.54) is 16.5 Å². The van der Waals surface area contributed by atoms with Crippen LogP contribution in [0.15, 0.2) is 30.5 Å². The van der Waals surface area contributed by atoms with E-state index in [4.69, 9.17) is 5.73 Å². The molecule has 16 heavy (non-hydrogen) atoms. The number of hydrogen-bond donors (Lipinski definition) is 1.